The first-order chi connectivity index (χ1) is 16.3. The Hall–Kier alpha value is -3.43. The van der Waals surface area contributed by atoms with Crippen molar-refractivity contribution in [3.8, 4) is 0 Å². The lowest BCUT2D eigenvalue weighted by atomic mass is 9.97. The summed E-state index contributed by atoms with van der Waals surface area (Å²) >= 11 is 0. The third-order valence-corrected chi connectivity index (χ3v) is 7.79. The van der Waals surface area contributed by atoms with Crippen molar-refractivity contribution in [3.63, 3.8) is 0 Å². The molecule has 34 heavy (non-hydrogen) atoms. The molecule has 0 bridgehead atoms. The zero-order chi connectivity index (χ0) is 24.1. The van der Waals surface area contributed by atoms with Gasteiger partial charge in [-0.25, -0.2) is 8.42 Å². The van der Waals surface area contributed by atoms with E-state index in [4.69, 9.17) is 4.42 Å². The van der Waals surface area contributed by atoms with Crippen molar-refractivity contribution in [1.82, 2.24) is 9.62 Å². The zero-order valence-corrected chi connectivity index (χ0v) is 19.7. The number of carbonyl (C=O) groups excluding carboxylic acids is 2. The highest BCUT2D eigenvalue weighted by atomic mass is 32.2. The van der Waals surface area contributed by atoms with Crippen LogP contribution in [0.4, 0.5) is 5.69 Å². The van der Waals surface area contributed by atoms with E-state index in [9.17, 15) is 18.0 Å². The Morgan fingerprint density at radius 1 is 1.03 bits per heavy atom. The van der Waals surface area contributed by atoms with Crippen molar-refractivity contribution >= 4 is 27.5 Å². The lowest BCUT2D eigenvalue weighted by Crippen LogP contribution is -2.42. The van der Waals surface area contributed by atoms with Crippen LogP contribution in [-0.4, -0.2) is 37.6 Å². The monoisotopic (exact) mass is 481 g/mol. The molecule has 2 N–H and O–H groups in total. The standard InChI is InChI=1S/C25H27N3O5S/c1-18-7-9-22(10-8-18)34(31,32)28-13-11-20(12-14-28)24(29)26-17-19-4-2-5-21(16-19)27-25(30)23-6-3-15-33-23/h2-10,15-16,20H,11-14,17H2,1H3,(H,26,29)(H,27,30). The average molecular weight is 482 g/mol. The Balaban J connectivity index is 1.28. The smallest absolute Gasteiger partial charge is 0.291 e. The minimum absolute atomic E-state index is 0.0996. The molecule has 2 aromatic carbocycles. The van der Waals surface area contributed by atoms with Crippen LogP contribution in [0.3, 0.4) is 0 Å². The Bertz CT molecular complexity index is 1250. The second kappa shape index (κ2) is 10.2. The molecule has 2 amide bonds. The molecule has 2 heterocycles. The van der Waals surface area contributed by atoms with Gasteiger partial charge in [-0.3, -0.25) is 9.59 Å². The second-order valence-electron chi connectivity index (χ2n) is 8.34. The molecular weight excluding hydrogens is 454 g/mol. The quantitative estimate of drug-likeness (QED) is 0.536. The third-order valence-electron chi connectivity index (χ3n) is 5.88. The Kier molecular flexibility index (Phi) is 7.14. The van der Waals surface area contributed by atoms with Crippen LogP contribution in [-0.2, 0) is 21.4 Å². The molecular formula is C25H27N3O5S. The number of carbonyl (C=O) groups is 2. The summed E-state index contributed by atoms with van der Waals surface area (Å²) in [5.74, 6) is -0.475. The fourth-order valence-electron chi connectivity index (χ4n) is 3.91. The summed E-state index contributed by atoms with van der Waals surface area (Å²) in [6.45, 7) is 2.84. The summed E-state index contributed by atoms with van der Waals surface area (Å²) in [7, 11) is -3.55. The largest absolute Gasteiger partial charge is 0.459 e. The van der Waals surface area contributed by atoms with Gasteiger partial charge in [-0.2, -0.15) is 4.31 Å². The lowest BCUT2D eigenvalue weighted by molar-refractivity contribution is -0.126. The molecule has 1 aliphatic rings. The molecule has 0 saturated carbocycles. The number of aryl methyl sites for hydroxylation is 1. The van der Waals surface area contributed by atoms with Crippen LogP contribution in [0.25, 0.3) is 0 Å². The van der Waals surface area contributed by atoms with Gasteiger partial charge in [-0.1, -0.05) is 29.8 Å². The number of amides is 2. The fourth-order valence-corrected chi connectivity index (χ4v) is 5.38. The van der Waals surface area contributed by atoms with Gasteiger partial charge in [0, 0.05) is 31.2 Å². The van der Waals surface area contributed by atoms with Gasteiger partial charge in [0.1, 0.15) is 0 Å². The van der Waals surface area contributed by atoms with E-state index >= 15 is 0 Å². The van der Waals surface area contributed by atoms with Gasteiger partial charge < -0.3 is 15.1 Å². The number of piperidine rings is 1. The first kappa shape index (κ1) is 23.7. The molecule has 0 spiro atoms. The van der Waals surface area contributed by atoms with Crippen LogP contribution in [0.1, 0.15) is 34.5 Å². The molecule has 1 fully saturated rings. The molecule has 4 rings (SSSR count). The summed E-state index contributed by atoms with van der Waals surface area (Å²) in [4.78, 5) is 25.1. The van der Waals surface area contributed by atoms with Crippen LogP contribution in [0.5, 0.6) is 0 Å². The van der Waals surface area contributed by atoms with Crippen LogP contribution in [0.15, 0.2) is 76.2 Å². The molecule has 0 aliphatic carbocycles. The second-order valence-corrected chi connectivity index (χ2v) is 10.3. The van der Waals surface area contributed by atoms with Gasteiger partial charge in [0.2, 0.25) is 15.9 Å². The van der Waals surface area contributed by atoms with E-state index < -0.39 is 10.0 Å². The van der Waals surface area contributed by atoms with Gasteiger partial charge in [-0.05, 0) is 61.7 Å². The van der Waals surface area contributed by atoms with Crippen molar-refractivity contribution < 1.29 is 22.4 Å². The van der Waals surface area contributed by atoms with Gasteiger partial charge in [0.05, 0.1) is 11.2 Å². The predicted octanol–water partition coefficient (Wildman–Crippen LogP) is 3.56. The van der Waals surface area contributed by atoms with E-state index in [0.717, 1.165) is 11.1 Å². The maximum Gasteiger partial charge on any atom is 0.291 e. The highest BCUT2D eigenvalue weighted by Crippen LogP contribution is 2.24. The SMILES string of the molecule is Cc1ccc(S(=O)(=O)N2CCC(C(=O)NCc3cccc(NC(=O)c4ccco4)c3)CC2)cc1. The van der Waals surface area contributed by atoms with Crippen molar-refractivity contribution in [1.29, 1.82) is 0 Å². The average Bonchev–Trinajstić information content (AvgIpc) is 3.38. The Morgan fingerprint density at radius 2 is 1.76 bits per heavy atom. The lowest BCUT2D eigenvalue weighted by Gasteiger charge is -2.30. The number of hydrogen-bond donors (Lipinski definition) is 2. The number of sulfonamides is 1. The van der Waals surface area contributed by atoms with Crippen molar-refractivity contribution in [3.05, 3.63) is 83.8 Å². The van der Waals surface area contributed by atoms with Crippen molar-refractivity contribution in [2.24, 2.45) is 5.92 Å². The third kappa shape index (κ3) is 5.55. The van der Waals surface area contributed by atoms with Gasteiger partial charge >= 0.3 is 0 Å². The fraction of sp³-hybridized carbons (Fsp3) is 0.280. The van der Waals surface area contributed by atoms with E-state index in [1.165, 1.54) is 10.6 Å². The molecule has 1 aliphatic heterocycles. The highest BCUT2D eigenvalue weighted by Gasteiger charge is 2.32. The maximum atomic E-state index is 12.9. The topological polar surface area (TPSA) is 109 Å². The van der Waals surface area contributed by atoms with Gasteiger partial charge in [0.25, 0.3) is 5.91 Å². The number of anilines is 1. The van der Waals surface area contributed by atoms with Crippen LogP contribution in [0, 0.1) is 12.8 Å². The number of rotatable bonds is 7. The van der Waals surface area contributed by atoms with Gasteiger partial charge in [-0.15, -0.1) is 0 Å². The van der Waals surface area contributed by atoms with E-state index in [1.54, 1.807) is 54.6 Å². The number of nitrogens with zero attached hydrogens (tertiary/aromatic N) is 1. The van der Waals surface area contributed by atoms with Gasteiger partial charge in [0.15, 0.2) is 5.76 Å². The molecule has 9 heteroatoms. The first-order valence-corrected chi connectivity index (χ1v) is 12.6. The highest BCUT2D eigenvalue weighted by molar-refractivity contribution is 7.89. The molecule has 1 saturated heterocycles. The van der Waals surface area contributed by atoms with E-state index in [0.29, 0.717) is 38.2 Å². The molecule has 0 atom stereocenters. The summed E-state index contributed by atoms with van der Waals surface area (Å²) in [6, 6.07) is 17.2. The normalized spacial score (nSPS) is 15.1. The Labute approximate surface area is 199 Å². The molecule has 178 valence electrons. The number of benzene rings is 2. The molecule has 3 aromatic rings. The number of nitrogens with one attached hydrogen (secondary N) is 2. The van der Waals surface area contributed by atoms with Crippen molar-refractivity contribution in [2.45, 2.75) is 31.2 Å². The predicted molar refractivity (Wildman–Crippen MR) is 128 cm³/mol. The minimum atomic E-state index is -3.55. The minimum Gasteiger partial charge on any atom is -0.459 e. The first-order valence-electron chi connectivity index (χ1n) is 11.1. The van der Waals surface area contributed by atoms with Crippen LogP contribution in [0.2, 0.25) is 0 Å². The number of furan rings is 1. The molecule has 1 aromatic heterocycles. The molecule has 0 radical (unpaired) electrons. The summed E-state index contributed by atoms with van der Waals surface area (Å²) < 4.78 is 32.3. The van der Waals surface area contributed by atoms with Crippen LogP contribution >= 0.6 is 0 Å². The number of hydrogen-bond acceptors (Lipinski definition) is 5. The Morgan fingerprint density at radius 3 is 2.44 bits per heavy atom. The van der Waals surface area contributed by atoms with E-state index in [1.807, 2.05) is 13.0 Å². The molecule has 8 nitrogen and oxygen atoms in total. The van der Waals surface area contributed by atoms with Crippen LogP contribution < -0.4 is 10.6 Å². The summed E-state index contributed by atoms with van der Waals surface area (Å²) in [5.41, 5.74) is 2.44. The summed E-state index contributed by atoms with van der Waals surface area (Å²) in [6.07, 6.45) is 2.37. The van der Waals surface area contributed by atoms with E-state index in [2.05, 4.69) is 10.6 Å². The zero-order valence-electron chi connectivity index (χ0n) is 18.9. The maximum absolute atomic E-state index is 12.9. The summed E-state index contributed by atoms with van der Waals surface area (Å²) in [5, 5.41) is 5.69. The molecule has 0 unspecified atom stereocenters. The van der Waals surface area contributed by atoms with Crippen molar-refractivity contribution in [2.75, 3.05) is 18.4 Å². The van der Waals surface area contributed by atoms with E-state index in [-0.39, 0.29) is 28.4 Å².